The number of hydrogen-bond donors (Lipinski definition) is 2. The zero-order valence-corrected chi connectivity index (χ0v) is 20.8. The second-order valence-corrected chi connectivity index (χ2v) is 8.75. The van der Waals surface area contributed by atoms with Crippen LogP contribution in [0.15, 0.2) is 57.0 Å². The summed E-state index contributed by atoms with van der Waals surface area (Å²) < 4.78 is 16.3. The molecule has 1 amide bonds. The number of rotatable bonds is 7. The summed E-state index contributed by atoms with van der Waals surface area (Å²) in [5.41, 5.74) is 0.589. The van der Waals surface area contributed by atoms with Crippen molar-refractivity contribution in [2.24, 2.45) is 0 Å². The number of ether oxygens (including phenoxy) is 2. The Hall–Kier alpha value is -3.79. The number of aromatic nitrogens is 1. The van der Waals surface area contributed by atoms with Crippen molar-refractivity contribution in [2.75, 3.05) is 18.6 Å². The first-order chi connectivity index (χ1) is 16.8. The molecule has 0 aliphatic carbocycles. The fourth-order valence-corrected chi connectivity index (χ4v) is 4.30. The van der Waals surface area contributed by atoms with Gasteiger partial charge in [0.2, 0.25) is 0 Å². The molecule has 0 spiro atoms. The first kappa shape index (κ1) is 24.3. The van der Waals surface area contributed by atoms with Crippen molar-refractivity contribution in [3.63, 3.8) is 0 Å². The van der Waals surface area contributed by atoms with Crippen LogP contribution in [0.1, 0.15) is 36.3 Å². The van der Waals surface area contributed by atoms with Gasteiger partial charge in [-0.25, -0.2) is 0 Å². The third-order valence-electron chi connectivity index (χ3n) is 5.49. The van der Waals surface area contributed by atoms with E-state index in [-0.39, 0.29) is 33.1 Å². The number of amides is 1. The maximum Gasteiger partial charge on any atom is 0.301 e. The monoisotopic (exact) mass is 542 g/mol. The maximum absolute atomic E-state index is 13.2. The number of aliphatic hydroxyl groups excluding tert-OH is 1. The fourth-order valence-electron chi connectivity index (χ4n) is 3.84. The number of carbonyl (C=O) groups excluding carboxylic acids is 2. The summed E-state index contributed by atoms with van der Waals surface area (Å²) in [6.45, 7) is 4.20. The summed E-state index contributed by atoms with van der Waals surface area (Å²) in [6, 6.07) is 10.1. The van der Waals surface area contributed by atoms with Crippen LogP contribution in [0.3, 0.4) is 0 Å². The van der Waals surface area contributed by atoms with E-state index >= 15 is 0 Å². The number of halogens is 1. The molecule has 1 aliphatic rings. The first-order valence-corrected chi connectivity index (χ1v) is 11.6. The number of methoxy groups -OCH3 is 1. The van der Waals surface area contributed by atoms with Gasteiger partial charge in [0.05, 0.1) is 29.8 Å². The Labute approximate surface area is 209 Å². The second-order valence-electron chi connectivity index (χ2n) is 7.89. The van der Waals surface area contributed by atoms with Gasteiger partial charge in [-0.15, -0.1) is 0 Å². The third kappa shape index (κ3) is 4.49. The summed E-state index contributed by atoms with van der Waals surface area (Å²) in [5, 5.41) is 25.4. The summed E-state index contributed by atoms with van der Waals surface area (Å²) in [6.07, 6.45) is 0.846. The Morgan fingerprint density at radius 2 is 1.91 bits per heavy atom. The molecular weight excluding hydrogens is 520 g/mol. The lowest BCUT2D eigenvalue weighted by atomic mass is 9.95. The lowest BCUT2D eigenvalue weighted by Crippen LogP contribution is -2.29. The van der Waals surface area contributed by atoms with Gasteiger partial charge < -0.3 is 24.2 Å². The molecule has 3 aromatic rings. The smallest absolute Gasteiger partial charge is 0.301 e. The van der Waals surface area contributed by atoms with Crippen LogP contribution < -0.4 is 14.4 Å². The SMILES string of the molecule is CCCOc1ccc(/C(O)=C2/C(=O)C(=O)N(c3cc(C)on3)C2c2cc(Br)c(O)c(OC)c2)cc1. The molecule has 2 heterocycles. The molecule has 0 radical (unpaired) electrons. The number of benzene rings is 2. The van der Waals surface area contributed by atoms with E-state index in [1.807, 2.05) is 6.92 Å². The molecule has 2 aromatic carbocycles. The van der Waals surface area contributed by atoms with Crippen LogP contribution >= 0.6 is 15.9 Å². The zero-order chi connectivity index (χ0) is 25.3. The van der Waals surface area contributed by atoms with E-state index in [0.29, 0.717) is 29.2 Å². The molecule has 0 bridgehead atoms. The lowest BCUT2D eigenvalue weighted by molar-refractivity contribution is -0.132. The van der Waals surface area contributed by atoms with Gasteiger partial charge in [-0.05, 0) is 71.2 Å². The highest BCUT2D eigenvalue weighted by molar-refractivity contribution is 9.10. The largest absolute Gasteiger partial charge is 0.507 e. The van der Waals surface area contributed by atoms with Crippen LogP contribution in [0.5, 0.6) is 17.2 Å². The Balaban J connectivity index is 1.90. The minimum atomic E-state index is -1.07. The van der Waals surface area contributed by atoms with E-state index in [1.54, 1.807) is 37.3 Å². The van der Waals surface area contributed by atoms with Gasteiger partial charge >= 0.3 is 5.91 Å². The number of nitrogens with zero attached hydrogens (tertiary/aromatic N) is 2. The molecular formula is C25H23BrN2O7. The van der Waals surface area contributed by atoms with Crippen molar-refractivity contribution in [2.45, 2.75) is 26.3 Å². The number of hydrogen-bond acceptors (Lipinski definition) is 8. The Kier molecular flexibility index (Phi) is 6.83. The average molecular weight is 543 g/mol. The molecule has 182 valence electrons. The number of phenols is 1. The van der Waals surface area contributed by atoms with Crippen molar-refractivity contribution < 1.29 is 33.8 Å². The first-order valence-electron chi connectivity index (χ1n) is 10.8. The maximum atomic E-state index is 13.2. The number of phenolic OH excluding ortho intramolecular Hbond substituents is 1. The van der Waals surface area contributed by atoms with Crippen molar-refractivity contribution >= 4 is 39.2 Å². The van der Waals surface area contributed by atoms with Crippen molar-refractivity contribution in [1.82, 2.24) is 5.16 Å². The van der Waals surface area contributed by atoms with Gasteiger partial charge in [0.25, 0.3) is 5.78 Å². The molecule has 10 heteroatoms. The van der Waals surface area contributed by atoms with Crippen molar-refractivity contribution in [3.05, 3.63) is 69.4 Å². The van der Waals surface area contributed by atoms with Gasteiger partial charge in [0.1, 0.15) is 17.3 Å². The van der Waals surface area contributed by atoms with Crippen LogP contribution in [0.4, 0.5) is 5.82 Å². The Bertz CT molecular complexity index is 1310. The van der Waals surface area contributed by atoms with Crippen molar-refractivity contribution in [1.29, 1.82) is 0 Å². The third-order valence-corrected chi connectivity index (χ3v) is 6.10. The van der Waals surface area contributed by atoms with Gasteiger partial charge in [0, 0.05) is 11.6 Å². The van der Waals surface area contributed by atoms with E-state index in [9.17, 15) is 19.8 Å². The Morgan fingerprint density at radius 3 is 2.51 bits per heavy atom. The van der Waals surface area contributed by atoms with Crippen LogP contribution in [-0.4, -0.2) is 40.8 Å². The standard InChI is InChI=1S/C25H23BrN2O7/c1-4-9-34-16-7-5-14(6-8-16)22(29)20-21(15-11-17(26)23(30)18(12-15)33-3)28(25(32)24(20)31)19-10-13(2)35-27-19/h5-8,10-12,21,29-30H,4,9H2,1-3H3/b22-20-. The van der Waals surface area contributed by atoms with E-state index in [4.69, 9.17) is 14.0 Å². The molecule has 1 unspecified atom stereocenters. The number of aryl methyl sites for hydroxylation is 1. The predicted octanol–water partition coefficient (Wildman–Crippen LogP) is 4.87. The van der Waals surface area contributed by atoms with E-state index in [2.05, 4.69) is 21.1 Å². The number of aliphatic hydroxyl groups is 1. The highest BCUT2D eigenvalue weighted by atomic mass is 79.9. The van der Waals surface area contributed by atoms with Crippen LogP contribution in [0.25, 0.3) is 5.76 Å². The van der Waals surface area contributed by atoms with Gasteiger partial charge in [0.15, 0.2) is 17.3 Å². The molecule has 0 saturated carbocycles. The molecule has 1 saturated heterocycles. The molecule has 1 aromatic heterocycles. The molecule has 9 nitrogen and oxygen atoms in total. The Morgan fingerprint density at radius 1 is 1.20 bits per heavy atom. The lowest BCUT2D eigenvalue weighted by Gasteiger charge is -2.23. The summed E-state index contributed by atoms with van der Waals surface area (Å²) >= 11 is 3.28. The molecule has 1 atom stereocenters. The minimum absolute atomic E-state index is 0.111. The summed E-state index contributed by atoms with van der Waals surface area (Å²) in [4.78, 5) is 27.5. The second kappa shape index (κ2) is 9.83. The average Bonchev–Trinajstić information content (AvgIpc) is 3.39. The highest BCUT2D eigenvalue weighted by Crippen LogP contribution is 2.45. The van der Waals surface area contributed by atoms with Crippen LogP contribution in [0.2, 0.25) is 0 Å². The number of Topliss-reactive ketones (excluding diaryl/α,β-unsaturated/α-hetero) is 1. The molecule has 1 fully saturated rings. The molecule has 35 heavy (non-hydrogen) atoms. The zero-order valence-electron chi connectivity index (χ0n) is 19.2. The predicted molar refractivity (Wildman–Crippen MR) is 131 cm³/mol. The van der Waals surface area contributed by atoms with Crippen LogP contribution in [-0.2, 0) is 9.59 Å². The van der Waals surface area contributed by atoms with Gasteiger partial charge in [-0.2, -0.15) is 0 Å². The highest BCUT2D eigenvalue weighted by Gasteiger charge is 2.48. The molecule has 4 rings (SSSR count). The molecule has 2 N–H and O–H groups in total. The summed E-state index contributed by atoms with van der Waals surface area (Å²) in [5.74, 6) is -0.986. The number of anilines is 1. The van der Waals surface area contributed by atoms with E-state index in [1.165, 1.54) is 19.2 Å². The van der Waals surface area contributed by atoms with Gasteiger partial charge in [-0.3, -0.25) is 14.5 Å². The van der Waals surface area contributed by atoms with Gasteiger partial charge in [-0.1, -0.05) is 12.1 Å². The quantitative estimate of drug-likeness (QED) is 0.246. The minimum Gasteiger partial charge on any atom is -0.507 e. The number of carbonyl (C=O) groups is 2. The topological polar surface area (TPSA) is 122 Å². The molecule has 1 aliphatic heterocycles. The number of ketones is 1. The van der Waals surface area contributed by atoms with Crippen LogP contribution in [0, 0.1) is 6.92 Å². The van der Waals surface area contributed by atoms with E-state index in [0.717, 1.165) is 11.3 Å². The van der Waals surface area contributed by atoms with Crippen molar-refractivity contribution in [3.8, 4) is 17.2 Å². The van der Waals surface area contributed by atoms with E-state index < -0.39 is 17.7 Å². The fraction of sp³-hybridized carbons (Fsp3) is 0.240. The normalized spacial score (nSPS) is 17.1. The number of aromatic hydroxyl groups is 1. The summed E-state index contributed by atoms with van der Waals surface area (Å²) in [7, 11) is 1.38.